The summed E-state index contributed by atoms with van der Waals surface area (Å²) in [6.07, 6.45) is 0. The first kappa shape index (κ1) is 17.4. The number of nitrogens with two attached hydrogens (primary N) is 1. The molecule has 9 heteroatoms. The average Bonchev–Trinajstić information content (AvgIpc) is 3.14. The van der Waals surface area contributed by atoms with E-state index in [1.165, 1.54) is 22.5 Å². The minimum absolute atomic E-state index is 0.201. The lowest BCUT2D eigenvalue weighted by atomic mass is 9.96. The highest BCUT2D eigenvalue weighted by molar-refractivity contribution is 7.98. The number of aromatic nitrogens is 5. The average molecular weight is 362 g/mol. The van der Waals surface area contributed by atoms with Gasteiger partial charge in [-0.25, -0.2) is 9.07 Å². The van der Waals surface area contributed by atoms with Crippen molar-refractivity contribution in [2.24, 2.45) is 0 Å². The molecular weight excluding hydrogens is 343 g/mol. The minimum atomic E-state index is -0.302. The molecule has 132 valence electrons. The van der Waals surface area contributed by atoms with Gasteiger partial charge in [0.05, 0.1) is 5.75 Å². The molecule has 0 radical (unpaired) electrons. The molecule has 0 amide bonds. The molecule has 2 heterocycles. The van der Waals surface area contributed by atoms with Crippen LogP contribution in [0.4, 0.5) is 4.39 Å². The Kier molecular flexibility index (Phi) is 4.51. The lowest BCUT2D eigenvalue weighted by molar-refractivity contribution is 0.391. The highest BCUT2D eigenvalue weighted by Crippen LogP contribution is 2.26. The number of aryl methyl sites for hydroxylation is 1. The van der Waals surface area contributed by atoms with Crippen LogP contribution in [-0.2, 0) is 11.2 Å². The molecule has 0 bridgehead atoms. The summed E-state index contributed by atoms with van der Waals surface area (Å²) in [7, 11) is 0. The topological polar surface area (TPSA) is 95.7 Å². The molecule has 0 aliphatic rings. The Bertz CT molecular complexity index is 898. The van der Waals surface area contributed by atoms with Crippen molar-refractivity contribution < 1.29 is 8.91 Å². The van der Waals surface area contributed by atoms with Gasteiger partial charge in [-0.05, 0) is 18.6 Å². The van der Waals surface area contributed by atoms with E-state index >= 15 is 0 Å². The number of benzene rings is 1. The third-order valence-electron chi connectivity index (χ3n) is 3.56. The summed E-state index contributed by atoms with van der Waals surface area (Å²) in [4.78, 5) is 4.29. The number of rotatable bonds is 4. The Balaban J connectivity index is 1.72. The number of nitrogen functional groups attached to an aromatic ring is 1. The number of nitrogens with zero attached hydrogens (tertiary/aromatic N) is 5. The summed E-state index contributed by atoms with van der Waals surface area (Å²) >= 11 is 1.35. The summed E-state index contributed by atoms with van der Waals surface area (Å²) < 4.78 is 20.4. The van der Waals surface area contributed by atoms with E-state index in [1.54, 1.807) is 19.1 Å². The van der Waals surface area contributed by atoms with E-state index in [-0.39, 0.29) is 11.2 Å². The van der Waals surface area contributed by atoms with Gasteiger partial charge in [-0.3, -0.25) is 0 Å². The maximum Gasteiger partial charge on any atom is 0.237 e. The molecule has 0 fully saturated rings. The first-order chi connectivity index (χ1) is 11.8. The van der Waals surface area contributed by atoms with Gasteiger partial charge in [0.1, 0.15) is 5.82 Å². The van der Waals surface area contributed by atoms with E-state index in [9.17, 15) is 4.39 Å². The fourth-order valence-electron chi connectivity index (χ4n) is 2.18. The summed E-state index contributed by atoms with van der Waals surface area (Å²) in [5.41, 5.74) is 0.938. The van der Waals surface area contributed by atoms with Crippen LogP contribution in [0.2, 0.25) is 0 Å². The first-order valence-electron chi connectivity index (χ1n) is 7.68. The predicted molar refractivity (Wildman–Crippen MR) is 92.9 cm³/mol. The van der Waals surface area contributed by atoms with Crippen molar-refractivity contribution in [3.63, 3.8) is 0 Å². The van der Waals surface area contributed by atoms with Crippen molar-refractivity contribution in [1.29, 1.82) is 0 Å². The standard InChI is InChI=1S/C16H19FN6OS/c1-9-5-6-10(7-11(9)17)13-19-12(24-22-13)8-25-15-21-20-14(23(15)18)16(2,3)4/h5-7H,8,18H2,1-4H3. The summed E-state index contributed by atoms with van der Waals surface area (Å²) in [5.74, 6) is 7.57. The van der Waals surface area contributed by atoms with Crippen LogP contribution in [0.1, 0.15) is 38.0 Å². The Morgan fingerprint density at radius 2 is 2.04 bits per heavy atom. The van der Waals surface area contributed by atoms with Crippen molar-refractivity contribution >= 4 is 11.8 Å². The zero-order valence-electron chi connectivity index (χ0n) is 14.4. The number of hydrogen-bond acceptors (Lipinski definition) is 7. The van der Waals surface area contributed by atoms with Crippen LogP contribution >= 0.6 is 11.8 Å². The fraction of sp³-hybridized carbons (Fsp3) is 0.375. The molecule has 0 aliphatic carbocycles. The van der Waals surface area contributed by atoms with Gasteiger partial charge in [-0.2, -0.15) is 4.98 Å². The minimum Gasteiger partial charge on any atom is -0.338 e. The van der Waals surface area contributed by atoms with Crippen LogP contribution in [0.25, 0.3) is 11.4 Å². The summed E-state index contributed by atoms with van der Waals surface area (Å²) in [5, 5.41) is 12.7. The van der Waals surface area contributed by atoms with Crippen LogP contribution in [0, 0.1) is 12.7 Å². The molecule has 7 nitrogen and oxygen atoms in total. The van der Waals surface area contributed by atoms with Crippen molar-refractivity contribution in [3.05, 3.63) is 41.3 Å². The van der Waals surface area contributed by atoms with Crippen molar-refractivity contribution in [3.8, 4) is 11.4 Å². The highest BCUT2D eigenvalue weighted by atomic mass is 32.2. The Morgan fingerprint density at radius 1 is 1.28 bits per heavy atom. The molecule has 0 aliphatic heterocycles. The van der Waals surface area contributed by atoms with E-state index in [2.05, 4.69) is 20.3 Å². The second kappa shape index (κ2) is 6.47. The lowest BCUT2D eigenvalue weighted by Crippen LogP contribution is -2.24. The van der Waals surface area contributed by atoms with E-state index in [1.807, 2.05) is 20.8 Å². The third-order valence-corrected chi connectivity index (χ3v) is 4.49. The Hall–Kier alpha value is -2.42. The van der Waals surface area contributed by atoms with Crippen LogP contribution in [0.15, 0.2) is 27.9 Å². The maximum atomic E-state index is 13.7. The molecule has 0 atom stereocenters. The van der Waals surface area contributed by atoms with Crippen LogP contribution in [0.3, 0.4) is 0 Å². The molecule has 1 aromatic carbocycles. The quantitative estimate of drug-likeness (QED) is 0.563. The molecule has 2 N–H and O–H groups in total. The monoisotopic (exact) mass is 362 g/mol. The van der Waals surface area contributed by atoms with Crippen molar-refractivity contribution in [2.45, 2.75) is 44.0 Å². The largest absolute Gasteiger partial charge is 0.338 e. The zero-order chi connectivity index (χ0) is 18.2. The van der Waals surface area contributed by atoms with Crippen molar-refractivity contribution in [1.82, 2.24) is 25.0 Å². The molecule has 25 heavy (non-hydrogen) atoms. The Labute approximate surface area is 148 Å². The molecule has 0 saturated carbocycles. The van der Waals surface area contributed by atoms with E-state index in [0.29, 0.717) is 39.6 Å². The van der Waals surface area contributed by atoms with Crippen LogP contribution in [-0.4, -0.2) is 25.0 Å². The molecule has 2 aromatic heterocycles. The van der Waals surface area contributed by atoms with Gasteiger partial charge in [-0.15, -0.1) is 10.2 Å². The SMILES string of the molecule is Cc1ccc(-c2noc(CSc3nnc(C(C)(C)C)n3N)n2)cc1F. The molecule has 0 unspecified atom stereocenters. The molecular formula is C16H19FN6OS. The van der Waals surface area contributed by atoms with Gasteiger partial charge < -0.3 is 10.4 Å². The Morgan fingerprint density at radius 3 is 2.68 bits per heavy atom. The fourth-order valence-corrected chi connectivity index (χ4v) is 2.87. The van der Waals surface area contributed by atoms with Crippen LogP contribution < -0.4 is 5.84 Å². The molecule has 0 saturated heterocycles. The van der Waals surface area contributed by atoms with Gasteiger partial charge in [-0.1, -0.05) is 49.8 Å². The molecule has 0 spiro atoms. The van der Waals surface area contributed by atoms with E-state index in [4.69, 9.17) is 10.4 Å². The van der Waals surface area contributed by atoms with Crippen molar-refractivity contribution in [2.75, 3.05) is 5.84 Å². The van der Waals surface area contributed by atoms with E-state index < -0.39 is 0 Å². The van der Waals surface area contributed by atoms with Gasteiger partial charge in [0.15, 0.2) is 5.82 Å². The molecule has 3 rings (SSSR count). The highest BCUT2D eigenvalue weighted by Gasteiger charge is 2.23. The predicted octanol–water partition coefficient (Wildman–Crippen LogP) is 3.08. The number of thioether (sulfide) groups is 1. The lowest BCUT2D eigenvalue weighted by Gasteiger charge is -2.16. The number of halogens is 1. The van der Waals surface area contributed by atoms with Crippen LogP contribution in [0.5, 0.6) is 0 Å². The van der Waals surface area contributed by atoms with E-state index in [0.717, 1.165) is 0 Å². The smallest absolute Gasteiger partial charge is 0.237 e. The zero-order valence-corrected chi connectivity index (χ0v) is 15.3. The number of hydrogen-bond donors (Lipinski definition) is 1. The van der Waals surface area contributed by atoms with Gasteiger partial charge in [0, 0.05) is 11.0 Å². The second-order valence-electron chi connectivity index (χ2n) is 6.69. The van der Waals surface area contributed by atoms with Gasteiger partial charge in [0.2, 0.25) is 16.9 Å². The molecule has 3 aromatic rings. The second-order valence-corrected chi connectivity index (χ2v) is 7.63. The maximum absolute atomic E-state index is 13.7. The van der Waals surface area contributed by atoms with Gasteiger partial charge in [0.25, 0.3) is 0 Å². The normalized spacial score (nSPS) is 11.9. The summed E-state index contributed by atoms with van der Waals surface area (Å²) in [6.45, 7) is 7.74. The summed E-state index contributed by atoms with van der Waals surface area (Å²) in [6, 6.07) is 4.83. The first-order valence-corrected chi connectivity index (χ1v) is 8.67. The third kappa shape index (κ3) is 3.65. The van der Waals surface area contributed by atoms with Gasteiger partial charge >= 0.3 is 0 Å².